The molecule has 70 valence electrons. The third kappa shape index (κ3) is 3.35. The maximum atomic E-state index is 11.1. The van der Waals surface area contributed by atoms with Crippen LogP contribution < -0.4 is 5.32 Å². The number of carbonyl (C=O) groups is 1. The second kappa shape index (κ2) is 5.31. The Morgan fingerprint density at radius 3 is 3.08 bits per heavy atom. The summed E-state index contributed by atoms with van der Waals surface area (Å²) in [4.78, 5) is 11.1. The summed E-state index contributed by atoms with van der Waals surface area (Å²) in [6, 6.07) is 0.484. The molecule has 1 saturated carbocycles. The molecular weight excluding hydrogens is 150 g/mol. The number of Topliss-reactive ketones (excluding diaryl/α,β-unsaturated/α-hetero) is 1. The van der Waals surface area contributed by atoms with Gasteiger partial charge in [-0.15, -0.1) is 0 Å². The van der Waals surface area contributed by atoms with Gasteiger partial charge in [0.1, 0.15) is 5.78 Å². The topological polar surface area (TPSA) is 29.1 Å². The highest BCUT2D eigenvalue weighted by atomic mass is 16.1. The number of unbranched alkanes of at least 4 members (excludes halogenated alkanes) is 1. The van der Waals surface area contributed by atoms with Crippen molar-refractivity contribution in [2.24, 2.45) is 0 Å². The van der Waals surface area contributed by atoms with Crippen LogP contribution in [0.3, 0.4) is 0 Å². The minimum atomic E-state index is 0.440. The van der Waals surface area contributed by atoms with E-state index in [9.17, 15) is 4.79 Å². The van der Waals surface area contributed by atoms with Crippen LogP contribution in [0.15, 0.2) is 0 Å². The fourth-order valence-electron chi connectivity index (χ4n) is 1.68. The van der Waals surface area contributed by atoms with E-state index >= 15 is 0 Å². The third-order valence-electron chi connectivity index (χ3n) is 2.45. The van der Waals surface area contributed by atoms with E-state index in [4.69, 9.17) is 0 Å². The van der Waals surface area contributed by atoms with Crippen LogP contribution in [0.1, 0.15) is 45.4 Å². The van der Waals surface area contributed by atoms with Gasteiger partial charge in [-0.1, -0.05) is 13.3 Å². The van der Waals surface area contributed by atoms with Crippen LogP contribution >= 0.6 is 0 Å². The van der Waals surface area contributed by atoms with Crippen LogP contribution in [-0.2, 0) is 4.79 Å². The number of carbonyl (C=O) groups excluding carboxylic acids is 1. The minimum absolute atomic E-state index is 0.440. The summed E-state index contributed by atoms with van der Waals surface area (Å²) >= 11 is 0. The summed E-state index contributed by atoms with van der Waals surface area (Å²) in [5.74, 6) is 0.440. The molecule has 2 nitrogen and oxygen atoms in total. The first-order chi connectivity index (χ1) is 5.83. The van der Waals surface area contributed by atoms with Crippen molar-refractivity contribution < 1.29 is 4.79 Å². The molecule has 0 aromatic rings. The van der Waals surface area contributed by atoms with E-state index in [-0.39, 0.29) is 0 Å². The Hall–Kier alpha value is -0.370. The van der Waals surface area contributed by atoms with Gasteiger partial charge in [0.15, 0.2) is 0 Å². The van der Waals surface area contributed by atoms with E-state index in [0.29, 0.717) is 11.8 Å². The molecule has 1 unspecified atom stereocenters. The lowest BCUT2D eigenvalue weighted by Gasteiger charge is -2.21. The van der Waals surface area contributed by atoms with E-state index < -0.39 is 0 Å². The van der Waals surface area contributed by atoms with Crippen LogP contribution in [0.5, 0.6) is 0 Å². The van der Waals surface area contributed by atoms with Crippen LogP contribution in [0.2, 0.25) is 0 Å². The Labute approximate surface area is 74.7 Å². The summed E-state index contributed by atoms with van der Waals surface area (Å²) in [6.07, 6.45) is 6.31. The standard InChI is InChI=1S/C10H19NO/c1-2-3-7-11-9-5-4-6-10(12)8-9/h9,11H,2-8H2,1H3. The van der Waals surface area contributed by atoms with Gasteiger partial charge in [0, 0.05) is 18.9 Å². The van der Waals surface area contributed by atoms with Crippen LogP contribution in [0.25, 0.3) is 0 Å². The SMILES string of the molecule is CCCCNC1CCCC(=O)C1. The molecule has 0 aromatic heterocycles. The fraction of sp³-hybridized carbons (Fsp3) is 0.900. The normalized spacial score (nSPS) is 24.4. The molecule has 0 spiro atoms. The van der Waals surface area contributed by atoms with E-state index in [1.165, 1.54) is 19.3 Å². The molecule has 2 heteroatoms. The quantitative estimate of drug-likeness (QED) is 0.651. The second-order valence-corrected chi connectivity index (χ2v) is 3.64. The first-order valence-corrected chi connectivity index (χ1v) is 5.08. The highest BCUT2D eigenvalue weighted by Gasteiger charge is 2.17. The molecule has 0 aliphatic heterocycles. The largest absolute Gasteiger partial charge is 0.314 e. The molecule has 1 atom stereocenters. The zero-order chi connectivity index (χ0) is 8.81. The molecule has 0 saturated heterocycles. The molecule has 1 aliphatic rings. The Morgan fingerprint density at radius 2 is 2.42 bits per heavy atom. The van der Waals surface area contributed by atoms with Crippen molar-refractivity contribution in [3.63, 3.8) is 0 Å². The van der Waals surface area contributed by atoms with Gasteiger partial charge in [0.05, 0.1) is 0 Å². The molecule has 1 rings (SSSR count). The Kier molecular flexibility index (Phi) is 4.30. The Balaban J connectivity index is 2.10. The molecule has 1 N–H and O–H groups in total. The molecule has 0 radical (unpaired) electrons. The molecule has 0 amide bonds. The summed E-state index contributed by atoms with van der Waals surface area (Å²) in [6.45, 7) is 3.27. The van der Waals surface area contributed by atoms with Crippen molar-refractivity contribution in [1.82, 2.24) is 5.32 Å². The molecule has 0 bridgehead atoms. The van der Waals surface area contributed by atoms with Crippen molar-refractivity contribution >= 4 is 5.78 Å². The lowest BCUT2D eigenvalue weighted by molar-refractivity contribution is -0.120. The lowest BCUT2D eigenvalue weighted by atomic mass is 9.94. The van der Waals surface area contributed by atoms with Crippen LogP contribution in [0, 0.1) is 0 Å². The Morgan fingerprint density at radius 1 is 1.58 bits per heavy atom. The monoisotopic (exact) mass is 169 g/mol. The van der Waals surface area contributed by atoms with Gasteiger partial charge in [-0.05, 0) is 25.8 Å². The van der Waals surface area contributed by atoms with Crippen LogP contribution in [-0.4, -0.2) is 18.4 Å². The number of rotatable bonds is 4. The highest BCUT2D eigenvalue weighted by Crippen LogP contribution is 2.14. The predicted octanol–water partition coefficient (Wildman–Crippen LogP) is 1.89. The van der Waals surface area contributed by atoms with Gasteiger partial charge in [-0.2, -0.15) is 0 Å². The average molecular weight is 169 g/mol. The summed E-state index contributed by atoms with van der Waals surface area (Å²) < 4.78 is 0. The lowest BCUT2D eigenvalue weighted by Crippen LogP contribution is -2.34. The maximum absolute atomic E-state index is 11.1. The Bertz CT molecular complexity index is 145. The first kappa shape index (κ1) is 9.72. The van der Waals surface area contributed by atoms with Crippen molar-refractivity contribution in [1.29, 1.82) is 0 Å². The molecule has 1 aliphatic carbocycles. The summed E-state index contributed by atoms with van der Waals surface area (Å²) in [7, 11) is 0. The molecule has 1 fully saturated rings. The smallest absolute Gasteiger partial charge is 0.134 e. The van der Waals surface area contributed by atoms with Gasteiger partial charge in [0.2, 0.25) is 0 Å². The van der Waals surface area contributed by atoms with Crippen molar-refractivity contribution in [3.05, 3.63) is 0 Å². The van der Waals surface area contributed by atoms with E-state index in [1.54, 1.807) is 0 Å². The van der Waals surface area contributed by atoms with E-state index in [2.05, 4.69) is 12.2 Å². The maximum Gasteiger partial charge on any atom is 0.134 e. The number of ketones is 1. The molecule has 0 heterocycles. The summed E-state index contributed by atoms with van der Waals surface area (Å²) in [5.41, 5.74) is 0. The molecular formula is C10H19NO. The van der Waals surface area contributed by atoms with Gasteiger partial charge in [0.25, 0.3) is 0 Å². The van der Waals surface area contributed by atoms with Crippen molar-refractivity contribution in [2.45, 2.75) is 51.5 Å². The van der Waals surface area contributed by atoms with Gasteiger partial charge in [-0.3, -0.25) is 4.79 Å². The van der Waals surface area contributed by atoms with E-state index in [0.717, 1.165) is 25.8 Å². The predicted molar refractivity (Wildman–Crippen MR) is 50.2 cm³/mol. The highest BCUT2D eigenvalue weighted by molar-refractivity contribution is 5.79. The second-order valence-electron chi connectivity index (χ2n) is 3.64. The number of hydrogen-bond acceptors (Lipinski definition) is 2. The number of nitrogens with one attached hydrogen (secondary N) is 1. The third-order valence-corrected chi connectivity index (χ3v) is 2.45. The van der Waals surface area contributed by atoms with Crippen molar-refractivity contribution in [3.8, 4) is 0 Å². The average Bonchev–Trinajstić information content (AvgIpc) is 2.05. The zero-order valence-corrected chi connectivity index (χ0v) is 7.94. The number of hydrogen-bond donors (Lipinski definition) is 1. The van der Waals surface area contributed by atoms with Gasteiger partial charge < -0.3 is 5.32 Å². The fourth-order valence-corrected chi connectivity index (χ4v) is 1.68. The van der Waals surface area contributed by atoms with E-state index in [1.807, 2.05) is 0 Å². The zero-order valence-electron chi connectivity index (χ0n) is 7.94. The molecule has 12 heavy (non-hydrogen) atoms. The first-order valence-electron chi connectivity index (χ1n) is 5.08. The van der Waals surface area contributed by atoms with Gasteiger partial charge >= 0.3 is 0 Å². The van der Waals surface area contributed by atoms with Crippen LogP contribution in [0.4, 0.5) is 0 Å². The molecule has 0 aromatic carbocycles. The summed E-state index contributed by atoms with van der Waals surface area (Å²) in [5, 5.41) is 3.43. The minimum Gasteiger partial charge on any atom is -0.314 e. The van der Waals surface area contributed by atoms with Gasteiger partial charge in [-0.25, -0.2) is 0 Å². The van der Waals surface area contributed by atoms with Crippen molar-refractivity contribution in [2.75, 3.05) is 6.54 Å².